The number of carboxylic acid groups (broad SMARTS) is 1. The second kappa shape index (κ2) is 8.76. The summed E-state index contributed by atoms with van der Waals surface area (Å²) < 4.78 is 29.8. The Morgan fingerprint density at radius 1 is 1.24 bits per heavy atom. The van der Waals surface area contributed by atoms with E-state index < -0.39 is 22.1 Å². The van der Waals surface area contributed by atoms with E-state index in [-0.39, 0.29) is 10.8 Å². The number of aryl methyl sites for hydroxylation is 1. The summed E-state index contributed by atoms with van der Waals surface area (Å²) in [6, 6.07) is 5.46. The molecule has 0 bridgehead atoms. The van der Waals surface area contributed by atoms with E-state index >= 15 is 0 Å². The fourth-order valence-electron chi connectivity index (χ4n) is 1.39. The van der Waals surface area contributed by atoms with Crippen molar-refractivity contribution in [3.8, 4) is 0 Å². The van der Waals surface area contributed by atoms with Crippen molar-refractivity contribution >= 4 is 16.1 Å². The minimum Gasteiger partial charge on any atom is -0.480 e. The third-order valence-electron chi connectivity index (χ3n) is 3.17. The van der Waals surface area contributed by atoms with E-state index in [4.69, 9.17) is 15.4 Å². The summed E-state index contributed by atoms with van der Waals surface area (Å²) in [4.78, 5) is 10.1. The van der Waals surface area contributed by atoms with Gasteiger partial charge in [0.05, 0.1) is 4.90 Å². The quantitative estimate of drug-likeness (QED) is 0.714. The average molecular weight is 317 g/mol. The zero-order chi connectivity index (χ0) is 16.6. The van der Waals surface area contributed by atoms with Crippen molar-refractivity contribution in [2.24, 2.45) is 11.7 Å². The predicted molar refractivity (Wildman–Crippen MR) is 80.7 cm³/mol. The lowest BCUT2D eigenvalue weighted by Gasteiger charge is -2.11. The highest BCUT2D eigenvalue weighted by Crippen LogP contribution is 2.09. The molecule has 0 heterocycles. The minimum absolute atomic E-state index is 0.0558. The van der Waals surface area contributed by atoms with E-state index in [0.29, 0.717) is 0 Å². The number of aliphatic carboxylic acids is 1. The summed E-state index contributed by atoms with van der Waals surface area (Å²) in [6.07, 6.45) is 1.67. The lowest BCUT2D eigenvalue weighted by atomic mass is 10.0. The molecule has 2 unspecified atom stereocenters. The third-order valence-corrected chi connectivity index (χ3v) is 4.04. The van der Waals surface area contributed by atoms with Crippen LogP contribution in [0.25, 0.3) is 0 Å². The molecule has 0 aliphatic heterocycles. The molecule has 2 atom stereocenters. The Labute approximate surface area is 125 Å². The second-order valence-electron chi connectivity index (χ2n) is 4.72. The Hall–Kier alpha value is -1.44. The van der Waals surface area contributed by atoms with Crippen molar-refractivity contribution in [1.82, 2.24) is 0 Å². The van der Waals surface area contributed by atoms with Gasteiger partial charge in [-0.3, -0.25) is 9.35 Å². The van der Waals surface area contributed by atoms with Crippen LogP contribution in [0, 0.1) is 5.92 Å². The van der Waals surface area contributed by atoms with Gasteiger partial charge in [-0.2, -0.15) is 8.42 Å². The van der Waals surface area contributed by atoms with Crippen molar-refractivity contribution in [1.29, 1.82) is 0 Å². The number of nitrogens with two attached hydrogens (primary N) is 1. The molecule has 4 N–H and O–H groups in total. The number of hydrogen-bond acceptors (Lipinski definition) is 4. The summed E-state index contributed by atoms with van der Waals surface area (Å²) in [5.41, 5.74) is 6.31. The van der Waals surface area contributed by atoms with Gasteiger partial charge >= 0.3 is 5.97 Å². The Bertz CT molecular complexity index is 539. The van der Waals surface area contributed by atoms with Crippen LogP contribution in [0.2, 0.25) is 0 Å². The molecule has 0 amide bonds. The summed E-state index contributed by atoms with van der Waals surface area (Å²) >= 11 is 0. The molecule has 0 saturated carbocycles. The molecule has 6 nitrogen and oxygen atoms in total. The maximum absolute atomic E-state index is 10.6. The lowest BCUT2D eigenvalue weighted by molar-refractivity contribution is -0.139. The van der Waals surface area contributed by atoms with Crippen molar-refractivity contribution in [3.05, 3.63) is 29.8 Å². The van der Waals surface area contributed by atoms with Gasteiger partial charge in [-0.15, -0.1) is 0 Å². The molecule has 7 heteroatoms. The molecule has 0 spiro atoms. The Balaban J connectivity index is 0.000000400. The second-order valence-corrected chi connectivity index (χ2v) is 6.14. The molecule has 0 saturated heterocycles. The van der Waals surface area contributed by atoms with Gasteiger partial charge in [0.2, 0.25) is 0 Å². The van der Waals surface area contributed by atoms with Crippen molar-refractivity contribution in [2.75, 3.05) is 0 Å². The molecule has 1 rings (SSSR count). The first kappa shape index (κ1) is 19.6. The van der Waals surface area contributed by atoms with E-state index in [1.807, 2.05) is 20.8 Å². The fraction of sp³-hybridized carbons (Fsp3) is 0.500. The smallest absolute Gasteiger partial charge is 0.320 e. The summed E-state index contributed by atoms with van der Waals surface area (Å²) in [6.45, 7) is 5.73. The summed E-state index contributed by atoms with van der Waals surface area (Å²) in [7, 11) is -4.03. The normalized spacial score (nSPS) is 13.8. The molecule has 1 aromatic rings. The number of hydrogen-bond donors (Lipinski definition) is 3. The van der Waals surface area contributed by atoms with E-state index in [1.165, 1.54) is 12.1 Å². The van der Waals surface area contributed by atoms with Crippen LogP contribution in [-0.2, 0) is 21.3 Å². The molecule has 0 aromatic heterocycles. The topological polar surface area (TPSA) is 118 Å². The molecule has 1 aromatic carbocycles. The third kappa shape index (κ3) is 7.22. The molecule has 0 fully saturated rings. The first-order chi connectivity index (χ1) is 9.63. The summed E-state index contributed by atoms with van der Waals surface area (Å²) in [5.74, 6) is -0.841. The number of carbonyl (C=O) groups is 1. The molecular formula is C14H23NO5S. The SMILES string of the molecule is CCC(C)C(N)C(=O)O.CCc1ccc(S(=O)(=O)O)cc1. The molecular weight excluding hydrogens is 294 g/mol. The van der Waals surface area contributed by atoms with Crippen LogP contribution < -0.4 is 5.73 Å². The highest BCUT2D eigenvalue weighted by molar-refractivity contribution is 7.85. The van der Waals surface area contributed by atoms with Crippen LogP contribution in [0.3, 0.4) is 0 Å². The van der Waals surface area contributed by atoms with Crippen LogP contribution in [-0.4, -0.2) is 30.1 Å². The van der Waals surface area contributed by atoms with Gasteiger partial charge in [-0.1, -0.05) is 39.3 Å². The molecule has 0 aliphatic rings. The van der Waals surface area contributed by atoms with Crippen LogP contribution in [0.5, 0.6) is 0 Å². The van der Waals surface area contributed by atoms with Crippen molar-refractivity contribution in [3.63, 3.8) is 0 Å². The van der Waals surface area contributed by atoms with E-state index in [1.54, 1.807) is 12.1 Å². The molecule has 0 radical (unpaired) electrons. The van der Waals surface area contributed by atoms with Gasteiger partial charge in [0.25, 0.3) is 10.1 Å². The largest absolute Gasteiger partial charge is 0.480 e. The van der Waals surface area contributed by atoms with Gasteiger partial charge in [-0.25, -0.2) is 0 Å². The molecule has 21 heavy (non-hydrogen) atoms. The van der Waals surface area contributed by atoms with Crippen LogP contribution in [0.4, 0.5) is 0 Å². The van der Waals surface area contributed by atoms with Gasteiger partial charge in [-0.05, 0) is 30.0 Å². The lowest BCUT2D eigenvalue weighted by Crippen LogP contribution is -2.36. The fourth-order valence-corrected chi connectivity index (χ4v) is 1.87. The van der Waals surface area contributed by atoms with Crippen LogP contribution >= 0.6 is 0 Å². The number of rotatable bonds is 5. The Morgan fingerprint density at radius 2 is 1.71 bits per heavy atom. The zero-order valence-corrected chi connectivity index (χ0v) is 13.3. The first-order valence-corrected chi connectivity index (χ1v) is 8.12. The van der Waals surface area contributed by atoms with E-state index in [2.05, 4.69) is 0 Å². The van der Waals surface area contributed by atoms with Crippen LogP contribution in [0.1, 0.15) is 32.8 Å². The number of carboxylic acids is 1. The highest BCUT2D eigenvalue weighted by atomic mass is 32.2. The van der Waals surface area contributed by atoms with Gasteiger partial charge in [0.15, 0.2) is 0 Å². The standard InChI is InChI=1S/C8H10O3S.C6H13NO2/c1-2-7-3-5-8(6-4-7)12(9,10)11;1-3-4(2)5(7)6(8)9/h3-6H,2H2,1H3,(H,9,10,11);4-5H,3,7H2,1-2H3,(H,8,9). The monoisotopic (exact) mass is 317 g/mol. The molecule has 0 aliphatic carbocycles. The summed E-state index contributed by atoms with van der Waals surface area (Å²) in [5, 5.41) is 8.36. The van der Waals surface area contributed by atoms with Gasteiger partial charge < -0.3 is 10.8 Å². The van der Waals surface area contributed by atoms with Gasteiger partial charge in [0.1, 0.15) is 6.04 Å². The van der Waals surface area contributed by atoms with E-state index in [0.717, 1.165) is 18.4 Å². The van der Waals surface area contributed by atoms with Crippen molar-refractivity contribution in [2.45, 2.75) is 44.6 Å². The zero-order valence-electron chi connectivity index (χ0n) is 12.5. The van der Waals surface area contributed by atoms with Gasteiger partial charge in [0, 0.05) is 0 Å². The maximum atomic E-state index is 10.6. The van der Waals surface area contributed by atoms with Crippen LogP contribution in [0.15, 0.2) is 29.2 Å². The first-order valence-electron chi connectivity index (χ1n) is 6.68. The average Bonchev–Trinajstić information content (AvgIpc) is 2.45. The predicted octanol–water partition coefficient (Wildman–Crippen LogP) is 1.94. The minimum atomic E-state index is -4.03. The maximum Gasteiger partial charge on any atom is 0.320 e. The Morgan fingerprint density at radius 3 is 1.95 bits per heavy atom. The highest BCUT2D eigenvalue weighted by Gasteiger charge is 2.17. The number of benzene rings is 1. The molecule has 120 valence electrons. The van der Waals surface area contributed by atoms with Crippen molar-refractivity contribution < 1.29 is 22.9 Å². The Kier molecular flexibility index (Phi) is 8.16. The van der Waals surface area contributed by atoms with E-state index in [9.17, 15) is 13.2 Å².